The van der Waals surface area contributed by atoms with E-state index >= 15 is 0 Å². The van der Waals surface area contributed by atoms with E-state index in [1.54, 1.807) is 0 Å². The summed E-state index contributed by atoms with van der Waals surface area (Å²) in [6, 6.07) is 6.23. The number of piperidine rings is 1. The van der Waals surface area contributed by atoms with Gasteiger partial charge in [0, 0.05) is 45.7 Å². The highest BCUT2D eigenvalue weighted by atomic mass is 16.7. The number of rotatable bonds is 6. The predicted octanol–water partition coefficient (Wildman–Crippen LogP) is 2.22. The van der Waals surface area contributed by atoms with Gasteiger partial charge in [-0.1, -0.05) is 13.0 Å². The molecule has 2 fully saturated rings. The summed E-state index contributed by atoms with van der Waals surface area (Å²) in [5.74, 6) is 2.00. The lowest BCUT2D eigenvalue weighted by Crippen LogP contribution is -2.48. The molecule has 28 heavy (non-hydrogen) atoms. The van der Waals surface area contributed by atoms with Crippen LogP contribution in [0.25, 0.3) is 0 Å². The largest absolute Gasteiger partial charge is 0.454 e. The maximum atomic E-state index is 12.5. The van der Waals surface area contributed by atoms with Crippen molar-refractivity contribution in [2.45, 2.75) is 32.6 Å². The van der Waals surface area contributed by atoms with Gasteiger partial charge in [-0.3, -0.25) is 4.79 Å². The SMILES string of the molecule is CN1CCN(CCCN2C[C@](C)(Cc3ccc4c(c3)OCO4)CCC2=O)CC1. The fraction of sp³-hybridized carbons (Fsp3) is 0.682. The Morgan fingerprint density at radius 3 is 2.68 bits per heavy atom. The standard InChI is InChI=1S/C22H33N3O3/c1-22(15-18-4-5-19-20(14-18)28-17-27-19)7-6-21(26)25(16-22)9-3-8-24-12-10-23(2)11-13-24/h4-5,14H,3,6-13,15-17H2,1-2H3/t22-/m0/s1. The molecule has 3 aliphatic heterocycles. The molecule has 0 saturated carbocycles. The van der Waals surface area contributed by atoms with Gasteiger partial charge in [-0.05, 0) is 56.0 Å². The zero-order chi connectivity index (χ0) is 19.6. The highest BCUT2D eigenvalue weighted by Crippen LogP contribution is 2.37. The number of carbonyl (C=O) groups is 1. The third kappa shape index (κ3) is 4.61. The lowest BCUT2D eigenvalue weighted by molar-refractivity contribution is -0.137. The molecule has 154 valence electrons. The molecule has 3 aliphatic rings. The van der Waals surface area contributed by atoms with Gasteiger partial charge in [0.15, 0.2) is 11.5 Å². The van der Waals surface area contributed by atoms with Crippen molar-refractivity contribution >= 4 is 5.91 Å². The van der Waals surface area contributed by atoms with E-state index in [0.717, 1.165) is 76.6 Å². The molecule has 1 aromatic carbocycles. The van der Waals surface area contributed by atoms with E-state index in [1.165, 1.54) is 5.56 Å². The number of piperazine rings is 1. The molecule has 3 heterocycles. The fourth-order valence-electron chi connectivity index (χ4n) is 4.64. The lowest BCUT2D eigenvalue weighted by Gasteiger charge is -2.41. The van der Waals surface area contributed by atoms with Gasteiger partial charge in [0.25, 0.3) is 0 Å². The van der Waals surface area contributed by atoms with Crippen molar-refractivity contribution in [2.24, 2.45) is 5.41 Å². The summed E-state index contributed by atoms with van der Waals surface area (Å²) in [5, 5.41) is 0. The highest BCUT2D eigenvalue weighted by molar-refractivity contribution is 5.77. The number of amides is 1. The van der Waals surface area contributed by atoms with Gasteiger partial charge in [-0.25, -0.2) is 0 Å². The smallest absolute Gasteiger partial charge is 0.231 e. The minimum absolute atomic E-state index is 0.120. The number of nitrogens with zero attached hydrogens (tertiary/aromatic N) is 3. The number of carbonyl (C=O) groups excluding carboxylic acids is 1. The van der Waals surface area contributed by atoms with Crippen LogP contribution in [-0.2, 0) is 11.2 Å². The highest BCUT2D eigenvalue weighted by Gasteiger charge is 2.35. The Morgan fingerprint density at radius 2 is 1.86 bits per heavy atom. The van der Waals surface area contributed by atoms with Crippen LogP contribution in [-0.4, -0.2) is 80.3 Å². The molecule has 0 spiro atoms. The Morgan fingerprint density at radius 1 is 1.07 bits per heavy atom. The summed E-state index contributed by atoms with van der Waals surface area (Å²) in [4.78, 5) is 19.5. The van der Waals surface area contributed by atoms with Crippen LogP contribution < -0.4 is 9.47 Å². The van der Waals surface area contributed by atoms with Crippen molar-refractivity contribution in [1.82, 2.24) is 14.7 Å². The molecule has 1 aromatic rings. The Labute approximate surface area is 168 Å². The van der Waals surface area contributed by atoms with Gasteiger partial charge in [0.05, 0.1) is 0 Å². The second kappa shape index (κ2) is 8.29. The van der Waals surface area contributed by atoms with E-state index in [1.807, 2.05) is 6.07 Å². The number of likely N-dealkylation sites (N-methyl/N-ethyl adjacent to an activating group) is 1. The molecule has 6 nitrogen and oxygen atoms in total. The quantitative estimate of drug-likeness (QED) is 0.749. The zero-order valence-electron chi connectivity index (χ0n) is 17.3. The van der Waals surface area contributed by atoms with Crippen LogP contribution in [0.3, 0.4) is 0 Å². The molecule has 0 aromatic heterocycles. The Balaban J connectivity index is 1.30. The van der Waals surface area contributed by atoms with Crippen LogP contribution >= 0.6 is 0 Å². The first-order valence-corrected chi connectivity index (χ1v) is 10.6. The monoisotopic (exact) mass is 387 g/mol. The van der Waals surface area contributed by atoms with Crippen molar-refractivity contribution in [3.63, 3.8) is 0 Å². The molecule has 1 atom stereocenters. The first-order chi connectivity index (χ1) is 13.5. The molecule has 0 bridgehead atoms. The third-order valence-corrected chi connectivity index (χ3v) is 6.43. The molecule has 0 N–H and O–H groups in total. The summed E-state index contributed by atoms with van der Waals surface area (Å²) in [5.41, 5.74) is 1.38. The van der Waals surface area contributed by atoms with Gasteiger partial charge in [0.1, 0.15) is 0 Å². The number of hydrogen-bond acceptors (Lipinski definition) is 5. The van der Waals surface area contributed by atoms with E-state index in [2.05, 4.69) is 40.8 Å². The molecule has 4 rings (SSSR count). The number of hydrogen-bond donors (Lipinski definition) is 0. The minimum atomic E-state index is 0.120. The molecular formula is C22H33N3O3. The number of likely N-dealkylation sites (tertiary alicyclic amines) is 1. The molecule has 0 radical (unpaired) electrons. The van der Waals surface area contributed by atoms with Crippen molar-refractivity contribution in [2.75, 3.05) is 59.7 Å². The van der Waals surface area contributed by atoms with Crippen molar-refractivity contribution in [3.05, 3.63) is 23.8 Å². The van der Waals surface area contributed by atoms with Crippen LogP contribution in [0.2, 0.25) is 0 Å². The minimum Gasteiger partial charge on any atom is -0.454 e. The second-order valence-electron chi connectivity index (χ2n) is 8.99. The summed E-state index contributed by atoms with van der Waals surface area (Å²) in [6.45, 7) is 10.0. The predicted molar refractivity (Wildman–Crippen MR) is 109 cm³/mol. The maximum Gasteiger partial charge on any atom is 0.231 e. The number of ether oxygens (including phenoxy) is 2. The van der Waals surface area contributed by atoms with Crippen molar-refractivity contribution in [1.29, 1.82) is 0 Å². The van der Waals surface area contributed by atoms with Crippen molar-refractivity contribution < 1.29 is 14.3 Å². The van der Waals surface area contributed by atoms with Gasteiger partial charge in [-0.2, -0.15) is 0 Å². The second-order valence-corrected chi connectivity index (χ2v) is 8.99. The van der Waals surface area contributed by atoms with Gasteiger partial charge >= 0.3 is 0 Å². The Hall–Kier alpha value is -1.79. The maximum absolute atomic E-state index is 12.5. The van der Waals surface area contributed by atoms with Crippen LogP contribution in [0.5, 0.6) is 11.5 Å². The molecular weight excluding hydrogens is 354 g/mol. The topological polar surface area (TPSA) is 45.2 Å². The summed E-state index contributed by atoms with van der Waals surface area (Å²) in [7, 11) is 2.19. The number of benzene rings is 1. The van der Waals surface area contributed by atoms with Gasteiger partial charge < -0.3 is 24.2 Å². The van der Waals surface area contributed by atoms with Crippen LogP contribution in [0, 0.1) is 5.41 Å². The lowest BCUT2D eigenvalue weighted by atomic mass is 9.76. The average Bonchev–Trinajstić information content (AvgIpc) is 3.14. The number of fused-ring (bicyclic) bond motifs is 1. The Bertz CT molecular complexity index is 702. The van der Waals surface area contributed by atoms with Crippen LogP contribution in [0.4, 0.5) is 0 Å². The van der Waals surface area contributed by atoms with Crippen LogP contribution in [0.15, 0.2) is 18.2 Å². The average molecular weight is 388 g/mol. The van der Waals surface area contributed by atoms with E-state index in [9.17, 15) is 4.79 Å². The van der Waals surface area contributed by atoms with Crippen LogP contribution in [0.1, 0.15) is 31.7 Å². The van der Waals surface area contributed by atoms with E-state index in [-0.39, 0.29) is 5.41 Å². The zero-order valence-corrected chi connectivity index (χ0v) is 17.3. The first kappa shape index (κ1) is 19.5. The Kier molecular flexibility index (Phi) is 5.78. The van der Waals surface area contributed by atoms with E-state index in [0.29, 0.717) is 19.1 Å². The first-order valence-electron chi connectivity index (χ1n) is 10.6. The van der Waals surface area contributed by atoms with E-state index < -0.39 is 0 Å². The summed E-state index contributed by atoms with van der Waals surface area (Å²) in [6.07, 6.45) is 3.65. The molecule has 0 unspecified atom stereocenters. The molecule has 6 heteroatoms. The van der Waals surface area contributed by atoms with Gasteiger partial charge in [-0.15, -0.1) is 0 Å². The molecule has 0 aliphatic carbocycles. The normalized spacial score (nSPS) is 26.1. The summed E-state index contributed by atoms with van der Waals surface area (Å²) >= 11 is 0. The van der Waals surface area contributed by atoms with Crippen molar-refractivity contribution in [3.8, 4) is 11.5 Å². The van der Waals surface area contributed by atoms with E-state index in [4.69, 9.17) is 9.47 Å². The summed E-state index contributed by atoms with van der Waals surface area (Å²) < 4.78 is 10.9. The third-order valence-electron chi connectivity index (χ3n) is 6.43. The fourth-order valence-corrected chi connectivity index (χ4v) is 4.64. The molecule has 2 saturated heterocycles. The molecule has 1 amide bonds. The van der Waals surface area contributed by atoms with Gasteiger partial charge in [0.2, 0.25) is 12.7 Å².